The molecule has 114 valence electrons. The highest BCUT2D eigenvalue weighted by Crippen LogP contribution is 2.49. The zero-order chi connectivity index (χ0) is 15.0. The summed E-state index contributed by atoms with van der Waals surface area (Å²) < 4.78 is 22.3. The van der Waals surface area contributed by atoms with Crippen LogP contribution >= 0.6 is 0 Å². The number of nitrogens with one attached hydrogen (secondary N) is 1. The maximum absolute atomic E-state index is 12.1. The number of anilines is 1. The molecule has 2 bridgehead atoms. The molecule has 3 atom stereocenters. The van der Waals surface area contributed by atoms with Gasteiger partial charge in [-0.3, -0.25) is 4.79 Å². The molecule has 0 heterocycles. The molecule has 0 saturated heterocycles. The largest absolute Gasteiger partial charge is 0.326 e. The lowest BCUT2D eigenvalue weighted by atomic mass is 9.86. The number of sulfonamides is 1. The first kappa shape index (κ1) is 14.5. The monoisotopic (exact) mass is 308 g/mol. The van der Waals surface area contributed by atoms with Crippen molar-refractivity contribution in [2.45, 2.75) is 37.0 Å². The SMILES string of the molecule is NS(=O)(=O)c1ccc(NC(=O)C[C@@H]2C[C@H]3CC[C@@H]2C3)cc1. The highest BCUT2D eigenvalue weighted by atomic mass is 32.2. The second-order valence-corrected chi connectivity index (χ2v) is 7.82. The average molecular weight is 308 g/mol. The van der Waals surface area contributed by atoms with E-state index in [2.05, 4.69) is 5.32 Å². The normalized spacial score (nSPS) is 27.8. The summed E-state index contributed by atoms with van der Waals surface area (Å²) in [6, 6.07) is 5.95. The third-order valence-corrected chi connectivity index (χ3v) is 5.73. The Morgan fingerprint density at radius 3 is 2.43 bits per heavy atom. The van der Waals surface area contributed by atoms with Gasteiger partial charge in [0.15, 0.2) is 0 Å². The second kappa shape index (κ2) is 5.42. The minimum absolute atomic E-state index is 0.0101. The Kier molecular flexibility index (Phi) is 3.75. The van der Waals surface area contributed by atoms with Gasteiger partial charge in [0, 0.05) is 12.1 Å². The molecule has 6 heteroatoms. The zero-order valence-electron chi connectivity index (χ0n) is 11.8. The molecule has 3 N–H and O–H groups in total. The van der Waals surface area contributed by atoms with Crippen LogP contribution in [0.5, 0.6) is 0 Å². The first-order chi connectivity index (χ1) is 9.91. The minimum atomic E-state index is -3.69. The number of nitrogens with two attached hydrogens (primary N) is 1. The fraction of sp³-hybridized carbons (Fsp3) is 0.533. The van der Waals surface area contributed by atoms with E-state index >= 15 is 0 Å². The van der Waals surface area contributed by atoms with Gasteiger partial charge in [0.05, 0.1) is 4.90 Å². The van der Waals surface area contributed by atoms with Gasteiger partial charge in [0.1, 0.15) is 0 Å². The third kappa shape index (κ3) is 3.27. The van der Waals surface area contributed by atoms with Crippen LogP contribution in [-0.4, -0.2) is 14.3 Å². The first-order valence-electron chi connectivity index (χ1n) is 7.34. The van der Waals surface area contributed by atoms with E-state index in [-0.39, 0.29) is 10.8 Å². The lowest BCUT2D eigenvalue weighted by molar-refractivity contribution is -0.117. The number of primary sulfonamides is 1. The van der Waals surface area contributed by atoms with Crippen LogP contribution in [0, 0.1) is 17.8 Å². The maximum atomic E-state index is 12.1. The average Bonchev–Trinajstić information content (AvgIpc) is 3.00. The third-order valence-electron chi connectivity index (χ3n) is 4.80. The van der Waals surface area contributed by atoms with Crippen LogP contribution in [0.25, 0.3) is 0 Å². The Morgan fingerprint density at radius 2 is 1.90 bits per heavy atom. The van der Waals surface area contributed by atoms with Crippen molar-refractivity contribution in [1.29, 1.82) is 0 Å². The molecule has 5 nitrogen and oxygen atoms in total. The molecular formula is C15H20N2O3S. The summed E-state index contributed by atoms with van der Waals surface area (Å²) in [5, 5.41) is 7.87. The molecule has 1 aromatic rings. The number of rotatable bonds is 4. The summed E-state index contributed by atoms with van der Waals surface area (Å²) in [6.07, 6.45) is 5.64. The predicted molar refractivity (Wildman–Crippen MR) is 80.0 cm³/mol. The van der Waals surface area contributed by atoms with Gasteiger partial charge in [-0.15, -0.1) is 0 Å². The van der Waals surface area contributed by atoms with Crippen molar-refractivity contribution in [1.82, 2.24) is 0 Å². The predicted octanol–water partition coefficient (Wildman–Crippen LogP) is 2.10. The summed E-state index contributed by atoms with van der Waals surface area (Å²) in [4.78, 5) is 12.1. The smallest absolute Gasteiger partial charge is 0.238 e. The van der Waals surface area contributed by atoms with Crippen molar-refractivity contribution in [3.05, 3.63) is 24.3 Å². The van der Waals surface area contributed by atoms with Crippen LogP contribution in [0.2, 0.25) is 0 Å². The fourth-order valence-electron chi connectivity index (χ4n) is 3.80. The molecule has 2 saturated carbocycles. The van der Waals surface area contributed by atoms with Crippen molar-refractivity contribution >= 4 is 21.6 Å². The van der Waals surface area contributed by atoms with E-state index in [1.165, 1.54) is 37.8 Å². The highest BCUT2D eigenvalue weighted by Gasteiger charge is 2.40. The van der Waals surface area contributed by atoms with Crippen LogP contribution in [0.3, 0.4) is 0 Å². The fourth-order valence-corrected chi connectivity index (χ4v) is 4.32. The van der Waals surface area contributed by atoms with Gasteiger partial charge in [-0.1, -0.05) is 6.42 Å². The highest BCUT2D eigenvalue weighted by molar-refractivity contribution is 7.89. The Labute approximate surface area is 125 Å². The van der Waals surface area contributed by atoms with Gasteiger partial charge < -0.3 is 5.32 Å². The maximum Gasteiger partial charge on any atom is 0.238 e. The van der Waals surface area contributed by atoms with Crippen LogP contribution in [0.15, 0.2) is 29.2 Å². The number of benzene rings is 1. The molecule has 2 aliphatic carbocycles. The molecule has 21 heavy (non-hydrogen) atoms. The zero-order valence-corrected chi connectivity index (χ0v) is 12.6. The van der Waals surface area contributed by atoms with E-state index in [4.69, 9.17) is 5.14 Å². The standard InChI is InChI=1S/C15H20N2O3S/c16-21(19,20)14-5-3-13(4-6-14)17-15(18)9-12-8-10-1-2-11(12)7-10/h3-6,10-12H,1-2,7-9H2,(H,17,18)(H2,16,19,20)/t10-,11+,12-/m0/s1. The van der Waals surface area contributed by atoms with E-state index in [1.54, 1.807) is 12.1 Å². The number of amides is 1. The number of carbonyl (C=O) groups is 1. The van der Waals surface area contributed by atoms with E-state index < -0.39 is 10.0 Å². The quantitative estimate of drug-likeness (QED) is 0.892. The van der Waals surface area contributed by atoms with E-state index in [0.717, 1.165) is 11.8 Å². The van der Waals surface area contributed by atoms with Gasteiger partial charge in [-0.05, 0) is 61.3 Å². The van der Waals surface area contributed by atoms with Gasteiger partial charge in [0.2, 0.25) is 15.9 Å². The van der Waals surface area contributed by atoms with Gasteiger partial charge in [0.25, 0.3) is 0 Å². The van der Waals surface area contributed by atoms with Crippen molar-refractivity contribution in [2.24, 2.45) is 22.9 Å². The van der Waals surface area contributed by atoms with Crippen LogP contribution in [0.1, 0.15) is 32.1 Å². The summed E-state index contributed by atoms with van der Waals surface area (Å²) in [6.45, 7) is 0. The van der Waals surface area contributed by atoms with Crippen LogP contribution < -0.4 is 10.5 Å². The molecule has 0 aliphatic heterocycles. The summed E-state index contributed by atoms with van der Waals surface area (Å²) in [5.41, 5.74) is 0.607. The Morgan fingerprint density at radius 1 is 1.19 bits per heavy atom. The molecule has 0 radical (unpaired) electrons. The molecule has 2 aliphatic rings. The van der Waals surface area contributed by atoms with E-state index in [0.29, 0.717) is 18.0 Å². The molecule has 1 aromatic carbocycles. The van der Waals surface area contributed by atoms with E-state index in [1.807, 2.05) is 0 Å². The summed E-state index contributed by atoms with van der Waals surface area (Å²) >= 11 is 0. The van der Waals surface area contributed by atoms with Crippen molar-refractivity contribution < 1.29 is 13.2 Å². The molecule has 1 amide bonds. The van der Waals surface area contributed by atoms with Crippen molar-refractivity contribution in [3.8, 4) is 0 Å². The van der Waals surface area contributed by atoms with Crippen molar-refractivity contribution in [2.75, 3.05) is 5.32 Å². The Balaban J connectivity index is 1.57. The van der Waals surface area contributed by atoms with Gasteiger partial charge in [-0.25, -0.2) is 13.6 Å². The second-order valence-electron chi connectivity index (χ2n) is 6.26. The number of hydrogen-bond donors (Lipinski definition) is 2. The topological polar surface area (TPSA) is 89.3 Å². The van der Waals surface area contributed by atoms with E-state index in [9.17, 15) is 13.2 Å². The molecular weight excluding hydrogens is 288 g/mol. The molecule has 2 fully saturated rings. The lowest BCUT2D eigenvalue weighted by Gasteiger charge is -2.20. The molecule has 0 unspecified atom stereocenters. The first-order valence-corrected chi connectivity index (χ1v) is 8.89. The molecule has 0 spiro atoms. The molecule has 0 aromatic heterocycles. The number of fused-ring (bicyclic) bond motifs is 2. The summed E-state index contributed by atoms with van der Waals surface area (Å²) in [7, 11) is -3.69. The Hall–Kier alpha value is -1.40. The lowest BCUT2D eigenvalue weighted by Crippen LogP contribution is -2.20. The minimum Gasteiger partial charge on any atom is -0.326 e. The summed E-state index contributed by atoms with van der Waals surface area (Å²) in [5.74, 6) is 2.09. The van der Waals surface area contributed by atoms with Crippen LogP contribution in [-0.2, 0) is 14.8 Å². The van der Waals surface area contributed by atoms with Crippen LogP contribution in [0.4, 0.5) is 5.69 Å². The van der Waals surface area contributed by atoms with Gasteiger partial charge in [-0.2, -0.15) is 0 Å². The molecule has 3 rings (SSSR count). The number of carbonyl (C=O) groups excluding carboxylic acids is 1. The van der Waals surface area contributed by atoms with Crippen molar-refractivity contribution in [3.63, 3.8) is 0 Å². The Bertz CT molecular complexity index is 639. The van der Waals surface area contributed by atoms with Gasteiger partial charge >= 0.3 is 0 Å². The number of hydrogen-bond acceptors (Lipinski definition) is 3.